The van der Waals surface area contributed by atoms with Crippen molar-refractivity contribution in [1.82, 2.24) is 4.90 Å². The number of nitrogens with one attached hydrogen (secondary N) is 1. The molecule has 1 N–H and O–H groups in total. The molecule has 1 amide bonds. The molecule has 1 aromatic heterocycles. The number of anilines is 1. The van der Waals surface area contributed by atoms with Crippen molar-refractivity contribution in [3.05, 3.63) is 69.6 Å². The Hall–Kier alpha value is -3.16. The first-order valence-corrected chi connectivity index (χ1v) is 11.4. The Morgan fingerprint density at radius 2 is 1.88 bits per heavy atom. The number of morpholine rings is 1. The van der Waals surface area contributed by atoms with E-state index >= 15 is 0 Å². The summed E-state index contributed by atoms with van der Waals surface area (Å²) >= 11 is 0. The predicted molar refractivity (Wildman–Crippen MR) is 128 cm³/mol. The van der Waals surface area contributed by atoms with Gasteiger partial charge in [0.15, 0.2) is 6.61 Å². The molecule has 0 spiro atoms. The third-order valence-corrected chi connectivity index (χ3v) is 5.66. The summed E-state index contributed by atoms with van der Waals surface area (Å²) in [5, 5.41) is 3.64. The first-order chi connectivity index (χ1) is 16.0. The highest BCUT2D eigenvalue weighted by Crippen LogP contribution is 2.30. The van der Waals surface area contributed by atoms with Gasteiger partial charge in [0.05, 0.1) is 18.6 Å². The highest BCUT2D eigenvalue weighted by Gasteiger charge is 2.14. The highest BCUT2D eigenvalue weighted by molar-refractivity contribution is 5.93. The maximum absolute atomic E-state index is 12.5. The molecule has 0 radical (unpaired) electrons. The van der Waals surface area contributed by atoms with E-state index in [1.54, 1.807) is 0 Å². The summed E-state index contributed by atoms with van der Waals surface area (Å²) < 4.78 is 16.7. The predicted octanol–water partition coefficient (Wildman–Crippen LogP) is 3.90. The van der Waals surface area contributed by atoms with Crippen LogP contribution in [0.1, 0.15) is 30.0 Å². The lowest BCUT2D eigenvalue weighted by molar-refractivity contribution is -0.118. The van der Waals surface area contributed by atoms with Crippen molar-refractivity contribution in [2.75, 3.05) is 38.2 Å². The van der Waals surface area contributed by atoms with Gasteiger partial charge >= 0.3 is 5.63 Å². The lowest BCUT2D eigenvalue weighted by atomic mass is 10.0. The van der Waals surface area contributed by atoms with Gasteiger partial charge in [-0.3, -0.25) is 9.69 Å². The molecule has 174 valence electrons. The molecule has 2 heterocycles. The van der Waals surface area contributed by atoms with Gasteiger partial charge in [-0.1, -0.05) is 25.5 Å². The average molecular weight is 451 g/mol. The van der Waals surface area contributed by atoms with Crippen molar-refractivity contribution in [2.24, 2.45) is 0 Å². The molecule has 0 aliphatic carbocycles. The molecule has 1 aliphatic heterocycles. The van der Waals surface area contributed by atoms with Crippen LogP contribution in [0.15, 0.2) is 51.7 Å². The summed E-state index contributed by atoms with van der Waals surface area (Å²) in [6, 6.07) is 13.1. The molecule has 4 rings (SSSR count). The summed E-state index contributed by atoms with van der Waals surface area (Å²) in [5.74, 6) is 0.299. The topological polar surface area (TPSA) is 81.0 Å². The average Bonchev–Trinajstić information content (AvgIpc) is 2.79. The van der Waals surface area contributed by atoms with Crippen LogP contribution in [0.3, 0.4) is 0 Å². The first-order valence-electron chi connectivity index (χ1n) is 11.4. The Bertz CT molecular complexity index is 1160. The summed E-state index contributed by atoms with van der Waals surface area (Å²) in [4.78, 5) is 26.8. The SMILES string of the molecule is CCCc1cc(=O)oc2cc(C)cc(OCC(=O)Nc3ccc(CN4CCOCC4)cc3)c12. The number of carbonyl (C=O) groups is 1. The molecule has 0 bridgehead atoms. The van der Waals surface area contributed by atoms with E-state index in [1.807, 2.05) is 43.3 Å². The van der Waals surface area contributed by atoms with E-state index in [2.05, 4.69) is 17.1 Å². The molecule has 0 atom stereocenters. The monoisotopic (exact) mass is 450 g/mol. The lowest BCUT2D eigenvalue weighted by Crippen LogP contribution is -2.35. The second-order valence-electron chi connectivity index (χ2n) is 8.40. The summed E-state index contributed by atoms with van der Waals surface area (Å²) in [6.07, 6.45) is 1.61. The van der Waals surface area contributed by atoms with E-state index in [0.717, 1.165) is 67.9 Å². The molecule has 3 aromatic rings. The Balaban J connectivity index is 1.41. The van der Waals surface area contributed by atoms with Crippen LogP contribution in [-0.2, 0) is 22.5 Å². The molecular formula is C26H30N2O5. The number of hydrogen-bond acceptors (Lipinski definition) is 6. The Kier molecular flexibility index (Phi) is 7.42. The molecule has 33 heavy (non-hydrogen) atoms. The van der Waals surface area contributed by atoms with E-state index in [1.165, 1.54) is 11.6 Å². The highest BCUT2D eigenvalue weighted by atomic mass is 16.5. The Morgan fingerprint density at radius 1 is 1.12 bits per heavy atom. The third kappa shape index (κ3) is 6.00. The largest absolute Gasteiger partial charge is 0.483 e. The van der Waals surface area contributed by atoms with Gasteiger partial charge in [0.2, 0.25) is 0 Å². The van der Waals surface area contributed by atoms with Crippen molar-refractivity contribution in [1.29, 1.82) is 0 Å². The van der Waals surface area contributed by atoms with Gasteiger partial charge < -0.3 is 19.2 Å². The smallest absolute Gasteiger partial charge is 0.336 e. The fourth-order valence-corrected chi connectivity index (χ4v) is 4.10. The van der Waals surface area contributed by atoms with Crippen LogP contribution in [0.5, 0.6) is 5.75 Å². The second kappa shape index (κ2) is 10.6. The van der Waals surface area contributed by atoms with Crippen LogP contribution >= 0.6 is 0 Å². The molecule has 0 saturated carbocycles. The molecule has 7 heteroatoms. The maximum Gasteiger partial charge on any atom is 0.336 e. The number of rotatable bonds is 8. The van der Waals surface area contributed by atoms with Gasteiger partial charge in [-0.15, -0.1) is 0 Å². The molecular weight excluding hydrogens is 420 g/mol. The Morgan fingerprint density at radius 3 is 2.61 bits per heavy atom. The van der Waals surface area contributed by atoms with Crippen LogP contribution in [0.4, 0.5) is 5.69 Å². The fourth-order valence-electron chi connectivity index (χ4n) is 4.10. The zero-order valence-corrected chi connectivity index (χ0v) is 19.2. The molecule has 1 fully saturated rings. The molecule has 1 saturated heterocycles. The van der Waals surface area contributed by atoms with E-state index in [4.69, 9.17) is 13.9 Å². The molecule has 7 nitrogen and oxygen atoms in total. The van der Waals surface area contributed by atoms with Crippen molar-refractivity contribution in [2.45, 2.75) is 33.2 Å². The number of hydrogen-bond donors (Lipinski definition) is 1. The van der Waals surface area contributed by atoms with Gasteiger partial charge in [0.25, 0.3) is 5.91 Å². The van der Waals surface area contributed by atoms with Crippen molar-refractivity contribution in [3.8, 4) is 5.75 Å². The standard InChI is InChI=1S/C26H30N2O5/c1-3-4-20-15-25(30)33-23-14-18(2)13-22(26(20)23)32-17-24(29)27-21-7-5-19(6-8-21)16-28-9-11-31-12-10-28/h5-8,13-15H,3-4,9-12,16-17H2,1-2H3,(H,27,29). The minimum Gasteiger partial charge on any atom is -0.483 e. The quantitative estimate of drug-likeness (QED) is 0.524. The first kappa shape index (κ1) is 23.0. The van der Waals surface area contributed by atoms with E-state index in [0.29, 0.717) is 11.3 Å². The summed E-state index contributed by atoms with van der Waals surface area (Å²) in [7, 11) is 0. The zero-order valence-electron chi connectivity index (χ0n) is 19.2. The molecule has 2 aromatic carbocycles. The minimum atomic E-state index is -0.377. The maximum atomic E-state index is 12.5. The normalized spacial score (nSPS) is 14.4. The fraction of sp³-hybridized carbons (Fsp3) is 0.385. The molecule has 0 unspecified atom stereocenters. The number of amides is 1. The number of fused-ring (bicyclic) bond motifs is 1. The van der Waals surface area contributed by atoms with Crippen molar-refractivity contribution in [3.63, 3.8) is 0 Å². The van der Waals surface area contributed by atoms with Gasteiger partial charge in [0.1, 0.15) is 11.3 Å². The van der Waals surface area contributed by atoms with Gasteiger partial charge in [-0.25, -0.2) is 4.79 Å². The Labute approximate surface area is 193 Å². The van der Waals surface area contributed by atoms with Crippen LogP contribution in [-0.4, -0.2) is 43.7 Å². The van der Waals surface area contributed by atoms with Crippen LogP contribution < -0.4 is 15.7 Å². The van der Waals surface area contributed by atoms with Crippen LogP contribution in [0.2, 0.25) is 0 Å². The number of benzene rings is 2. The number of carbonyl (C=O) groups excluding carboxylic acids is 1. The van der Waals surface area contributed by atoms with E-state index in [9.17, 15) is 9.59 Å². The minimum absolute atomic E-state index is 0.140. The van der Waals surface area contributed by atoms with Crippen LogP contribution in [0, 0.1) is 6.92 Å². The summed E-state index contributed by atoms with van der Waals surface area (Å²) in [6.45, 7) is 8.11. The number of aryl methyl sites for hydroxylation is 2. The molecule has 1 aliphatic rings. The van der Waals surface area contributed by atoms with Gasteiger partial charge in [0, 0.05) is 31.4 Å². The second-order valence-corrected chi connectivity index (χ2v) is 8.40. The van der Waals surface area contributed by atoms with Crippen molar-refractivity contribution >= 4 is 22.6 Å². The van der Waals surface area contributed by atoms with Crippen molar-refractivity contribution < 1.29 is 18.7 Å². The van der Waals surface area contributed by atoms with E-state index < -0.39 is 0 Å². The zero-order chi connectivity index (χ0) is 23.2. The van der Waals surface area contributed by atoms with Gasteiger partial charge in [-0.05, 0) is 54.3 Å². The van der Waals surface area contributed by atoms with Crippen LogP contribution in [0.25, 0.3) is 11.0 Å². The number of nitrogens with zero attached hydrogens (tertiary/aromatic N) is 1. The van der Waals surface area contributed by atoms with Gasteiger partial charge in [-0.2, -0.15) is 0 Å². The summed E-state index contributed by atoms with van der Waals surface area (Å²) in [5.41, 5.74) is 3.79. The number of ether oxygens (including phenoxy) is 2. The van der Waals surface area contributed by atoms with E-state index in [-0.39, 0.29) is 18.1 Å². The lowest BCUT2D eigenvalue weighted by Gasteiger charge is -2.26. The third-order valence-electron chi connectivity index (χ3n) is 5.66.